The van der Waals surface area contributed by atoms with Gasteiger partial charge in [-0.15, -0.1) is 0 Å². The molecule has 0 aliphatic heterocycles. The third-order valence-electron chi connectivity index (χ3n) is 3.28. The van der Waals surface area contributed by atoms with Gasteiger partial charge in [0.05, 0.1) is 13.2 Å². The molecule has 3 heteroatoms. The molecule has 0 heterocycles. The maximum absolute atomic E-state index is 6.11. The van der Waals surface area contributed by atoms with Gasteiger partial charge in [0.25, 0.3) is 0 Å². The molecule has 20 heavy (non-hydrogen) atoms. The van der Waals surface area contributed by atoms with Crippen molar-refractivity contribution in [1.29, 1.82) is 0 Å². The summed E-state index contributed by atoms with van der Waals surface area (Å²) >= 11 is 0. The Morgan fingerprint density at radius 2 is 1.80 bits per heavy atom. The number of hydrogen-bond donors (Lipinski definition) is 1. The lowest BCUT2D eigenvalue weighted by Gasteiger charge is -2.23. The minimum atomic E-state index is 0.0786. The monoisotopic (exact) mass is 279 g/mol. The van der Waals surface area contributed by atoms with Gasteiger partial charge in [0.1, 0.15) is 11.5 Å². The average Bonchev–Trinajstić information content (AvgIpc) is 2.42. The van der Waals surface area contributed by atoms with Crippen molar-refractivity contribution in [2.24, 2.45) is 0 Å². The van der Waals surface area contributed by atoms with Crippen LogP contribution in [0.15, 0.2) is 18.2 Å². The maximum Gasteiger partial charge on any atom is 0.124 e. The first-order chi connectivity index (χ1) is 9.39. The van der Waals surface area contributed by atoms with Crippen LogP contribution in [0, 0.1) is 0 Å². The Morgan fingerprint density at radius 1 is 1.15 bits per heavy atom. The molecule has 0 saturated carbocycles. The Morgan fingerprint density at radius 3 is 2.30 bits per heavy atom. The minimum absolute atomic E-state index is 0.0786. The second kappa shape index (κ2) is 7.53. The highest BCUT2D eigenvalue weighted by atomic mass is 16.5. The van der Waals surface area contributed by atoms with E-state index in [9.17, 15) is 0 Å². The highest BCUT2D eigenvalue weighted by molar-refractivity contribution is 5.40. The summed E-state index contributed by atoms with van der Waals surface area (Å²) in [6, 6.07) is 6.02. The summed E-state index contributed by atoms with van der Waals surface area (Å²) in [6.07, 6.45) is 2.32. The van der Waals surface area contributed by atoms with Crippen LogP contribution in [0.25, 0.3) is 0 Å². The van der Waals surface area contributed by atoms with Crippen LogP contribution in [0.4, 0.5) is 0 Å². The maximum atomic E-state index is 6.11. The lowest BCUT2D eigenvalue weighted by Crippen LogP contribution is -2.35. The smallest absolute Gasteiger partial charge is 0.124 e. The van der Waals surface area contributed by atoms with Gasteiger partial charge in [-0.25, -0.2) is 0 Å². The molecule has 0 aromatic heterocycles. The van der Waals surface area contributed by atoms with E-state index in [4.69, 9.17) is 9.47 Å². The summed E-state index contributed by atoms with van der Waals surface area (Å²) in [5.74, 6) is 1.82. The molecule has 0 bridgehead atoms. The number of benzene rings is 1. The van der Waals surface area contributed by atoms with Crippen molar-refractivity contribution in [3.05, 3.63) is 23.8 Å². The van der Waals surface area contributed by atoms with Crippen molar-refractivity contribution in [2.75, 3.05) is 7.11 Å². The molecule has 0 fully saturated rings. The van der Waals surface area contributed by atoms with Crippen molar-refractivity contribution >= 4 is 0 Å². The Kier molecular flexibility index (Phi) is 6.34. The quantitative estimate of drug-likeness (QED) is 0.813. The van der Waals surface area contributed by atoms with Gasteiger partial charge >= 0.3 is 0 Å². The van der Waals surface area contributed by atoms with Crippen LogP contribution >= 0.6 is 0 Å². The van der Waals surface area contributed by atoms with Gasteiger partial charge in [-0.3, -0.25) is 0 Å². The molecule has 1 rings (SSSR count). The lowest BCUT2D eigenvalue weighted by atomic mass is 10.1. The van der Waals surface area contributed by atoms with Gasteiger partial charge in [-0.2, -0.15) is 0 Å². The van der Waals surface area contributed by atoms with Gasteiger partial charge in [0, 0.05) is 17.6 Å². The molecule has 114 valence electrons. The zero-order valence-corrected chi connectivity index (χ0v) is 13.7. The Balaban J connectivity index is 2.91. The topological polar surface area (TPSA) is 30.5 Å². The van der Waals surface area contributed by atoms with Gasteiger partial charge in [0.2, 0.25) is 0 Å². The molecule has 1 aromatic rings. The van der Waals surface area contributed by atoms with Crippen LogP contribution in [-0.2, 0) is 6.54 Å². The van der Waals surface area contributed by atoms with E-state index < -0.39 is 0 Å². The van der Waals surface area contributed by atoms with E-state index in [1.165, 1.54) is 0 Å². The first-order valence-corrected chi connectivity index (χ1v) is 7.48. The van der Waals surface area contributed by atoms with Crippen LogP contribution in [0.5, 0.6) is 11.5 Å². The summed E-state index contributed by atoms with van der Waals surface area (Å²) in [5, 5.41) is 3.50. The molecular weight excluding hydrogens is 250 g/mol. The molecule has 0 spiro atoms. The van der Waals surface area contributed by atoms with E-state index >= 15 is 0 Å². The number of methoxy groups -OCH3 is 1. The third kappa shape index (κ3) is 5.41. The van der Waals surface area contributed by atoms with Crippen LogP contribution in [-0.4, -0.2) is 18.8 Å². The molecule has 1 N–H and O–H groups in total. The van der Waals surface area contributed by atoms with Crippen molar-refractivity contribution in [3.63, 3.8) is 0 Å². The fourth-order valence-electron chi connectivity index (χ4n) is 1.93. The highest BCUT2D eigenvalue weighted by Crippen LogP contribution is 2.26. The van der Waals surface area contributed by atoms with Crippen LogP contribution in [0.3, 0.4) is 0 Å². The van der Waals surface area contributed by atoms with Gasteiger partial charge < -0.3 is 14.8 Å². The van der Waals surface area contributed by atoms with Crippen molar-refractivity contribution in [2.45, 2.75) is 65.6 Å². The molecule has 0 atom stereocenters. The minimum Gasteiger partial charge on any atom is -0.497 e. The first kappa shape index (κ1) is 16.8. The molecule has 1 aromatic carbocycles. The summed E-state index contributed by atoms with van der Waals surface area (Å²) in [4.78, 5) is 0. The zero-order chi connectivity index (χ0) is 15.2. The van der Waals surface area contributed by atoms with E-state index in [-0.39, 0.29) is 11.6 Å². The average molecular weight is 279 g/mol. The number of nitrogens with one attached hydrogen (secondary N) is 1. The number of ether oxygens (including phenoxy) is 2. The zero-order valence-electron chi connectivity index (χ0n) is 13.7. The summed E-state index contributed by atoms with van der Waals surface area (Å²) < 4.78 is 11.4. The summed E-state index contributed by atoms with van der Waals surface area (Å²) in [6.45, 7) is 11.6. The summed E-state index contributed by atoms with van der Waals surface area (Å²) in [5.41, 5.74) is 1.22. The molecule has 0 saturated heterocycles. The molecule has 3 nitrogen and oxygen atoms in total. The first-order valence-electron chi connectivity index (χ1n) is 7.48. The van der Waals surface area contributed by atoms with E-state index in [2.05, 4.69) is 46.0 Å². The highest BCUT2D eigenvalue weighted by Gasteiger charge is 2.14. The second-order valence-electron chi connectivity index (χ2n) is 6.13. The van der Waals surface area contributed by atoms with Crippen molar-refractivity contribution in [1.82, 2.24) is 5.32 Å². The third-order valence-corrected chi connectivity index (χ3v) is 3.28. The Hall–Kier alpha value is -1.22. The standard InChI is InChI=1S/C17H29NO2/c1-7-14(8-2)20-16-10-9-15(19-6)11-13(16)12-18-17(3,4)5/h9-11,14,18H,7-8,12H2,1-6H3. The molecule has 0 aliphatic rings. The lowest BCUT2D eigenvalue weighted by molar-refractivity contribution is 0.190. The van der Waals surface area contributed by atoms with Crippen LogP contribution < -0.4 is 14.8 Å². The van der Waals surface area contributed by atoms with E-state index in [0.717, 1.165) is 36.4 Å². The SMILES string of the molecule is CCC(CC)Oc1ccc(OC)cc1CNC(C)(C)C. The van der Waals surface area contributed by atoms with Crippen LogP contribution in [0.2, 0.25) is 0 Å². The number of rotatable bonds is 7. The van der Waals surface area contributed by atoms with Gasteiger partial charge in [0.15, 0.2) is 0 Å². The van der Waals surface area contributed by atoms with E-state index in [1.54, 1.807) is 7.11 Å². The van der Waals surface area contributed by atoms with E-state index in [0.29, 0.717) is 0 Å². The predicted octanol–water partition coefficient (Wildman–Crippen LogP) is 4.15. The number of hydrogen-bond acceptors (Lipinski definition) is 3. The summed E-state index contributed by atoms with van der Waals surface area (Å²) in [7, 11) is 1.69. The Bertz CT molecular complexity index is 406. The van der Waals surface area contributed by atoms with Crippen molar-refractivity contribution < 1.29 is 9.47 Å². The molecule has 0 aliphatic carbocycles. The molecule has 0 amide bonds. The molecular formula is C17H29NO2. The van der Waals surface area contributed by atoms with Crippen LogP contribution in [0.1, 0.15) is 53.0 Å². The fraction of sp³-hybridized carbons (Fsp3) is 0.647. The molecule has 0 unspecified atom stereocenters. The van der Waals surface area contributed by atoms with Crippen molar-refractivity contribution in [3.8, 4) is 11.5 Å². The Labute approximate surface area is 123 Å². The van der Waals surface area contributed by atoms with E-state index in [1.807, 2.05) is 12.1 Å². The molecule has 0 radical (unpaired) electrons. The predicted molar refractivity (Wildman–Crippen MR) is 84.6 cm³/mol. The fourth-order valence-corrected chi connectivity index (χ4v) is 1.93. The largest absolute Gasteiger partial charge is 0.497 e. The van der Waals surface area contributed by atoms with Gasteiger partial charge in [-0.05, 0) is 51.8 Å². The van der Waals surface area contributed by atoms with Gasteiger partial charge in [-0.1, -0.05) is 13.8 Å². The second-order valence-corrected chi connectivity index (χ2v) is 6.13. The normalized spacial score (nSPS) is 11.8.